The number of anilines is 1. The van der Waals surface area contributed by atoms with Crippen molar-refractivity contribution in [1.82, 2.24) is 15.1 Å². The normalized spacial score (nSPS) is 18.9. The maximum Gasteiger partial charge on any atom is 0.320 e. The molecule has 0 unspecified atom stereocenters. The molecule has 1 aromatic heterocycles. The lowest BCUT2D eigenvalue weighted by atomic mass is 9.74. The minimum atomic E-state index is -0.314. The number of carbonyl (C=O) groups excluding carboxylic acids is 1. The number of nitrogens with one attached hydrogen (secondary N) is 2. The van der Waals surface area contributed by atoms with Crippen LogP contribution in [-0.4, -0.2) is 35.6 Å². The summed E-state index contributed by atoms with van der Waals surface area (Å²) in [6.45, 7) is 2.48. The second kappa shape index (κ2) is 7.68. The van der Waals surface area contributed by atoms with E-state index in [2.05, 4.69) is 15.7 Å². The highest BCUT2D eigenvalue weighted by Crippen LogP contribution is 2.35. The Balaban J connectivity index is 1.41. The number of aromatic nitrogens is 2. The van der Waals surface area contributed by atoms with Crippen LogP contribution in [0.1, 0.15) is 31.2 Å². The second-order valence-corrected chi connectivity index (χ2v) is 7.55. The minimum Gasteiger partial charge on any atom is -0.381 e. The quantitative estimate of drug-likeness (QED) is 0.818. The van der Waals surface area contributed by atoms with Crippen LogP contribution in [0.4, 0.5) is 15.0 Å². The van der Waals surface area contributed by atoms with E-state index in [0.29, 0.717) is 31.5 Å². The number of nitrogens with zero attached hydrogens (tertiary/aromatic N) is 2. The molecule has 0 radical (unpaired) electrons. The third-order valence-electron chi connectivity index (χ3n) is 5.56. The largest absolute Gasteiger partial charge is 0.381 e. The monoisotopic (exact) mass is 372 g/mol. The molecule has 0 atom stereocenters. The van der Waals surface area contributed by atoms with Gasteiger partial charge in [-0.25, -0.2) is 13.9 Å². The molecule has 1 aromatic carbocycles. The fraction of sp³-hybridized carbons (Fsp3) is 0.500. The number of carbonyl (C=O) groups is 1. The zero-order chi connectivity index (χ0) is 18.7. The Bertz CT molecular complexity index is 797. The Morgan fingerprint density at radius 3 is 2.85 bits per heavy atom. The molecule has 2 amide bonds. The lowest BCUT2D eigenvalue weighted by molar-refractivity contribution is 0.0507. The highest BCUT2D eigenvalue weighted by molar-refractivity contribution is 5.88. The standard InChI is InChI=1S/C20H25FN4O2/c21-17-3-1-2-16(12-17)20(7-10-27-11-8-20)14-22-19(26)24-18-6-9-23-25(18)13-15-4-5-15/h1-3,6,9,12,15H,4-5,7-8,10-11,13-14H2,(H2,22,24,26). The van der Waals surface area contributed by atoms with Crippen LogP contribution in [-0.2, 0) is 16.7 Å². The van der Waals surface area contributed by atoms with Crippen LogP contribution < -0.4 is 10.6 Å². The van der Waals surface area contributed by atoms with Crippen molar-refractivity contribution in [2.75, 3.05) is 25.1 Å². The molecule has 7 heteroatoms. The van der Waals surface area contributed by atoms with E-state index in [1.807, 2.05) is 10.7 Å². The predicted molar refractivity (Wildman–Crippen MR) is 100 cm³/mol. The van der Waals surface area contributed by atoms with E-state index in [-0.39, 0.29) is 17.3 Å². The van der Waals surface area contributed by atoms with E-state index in [9.17, 15) is 9.18 Å². The summed E-state index contributed by atoms with van der Waals surface area (Å²) >= 11 is 0. The van der Waals surface area contributed by atoms with Crippen LogP contribution in [0.2, 0.25) is 0 Å². The number of hydrogen-bond donors (Lipinski definition) is 2. The van der Waals surface area contributed by atoms with E-state index in [0.717, 1.165) is 24.9 Å². The number of hydrogen-bond acceptors (Lipinski definition) is 3. The summed E-state index contributed by atoms with van der Waals surface area (Å²) in [6, 6.07) is 8.19. The van der Waals surface area contributed by atoms with Crippen LogP contribution in [0.5, 0.6) is 0 Å². The molecular weight excluding hydrogens is 347 g/mol. The van der Waals surface area contributed by atoms with Gasteiger partial charge in [0.05, 0.1) is 6.20 Å². The highest BCUT2D eigenvalue weighted by Gasteiger charge is 2.35. The zero-order valence-corrected chi connectivity index (χ0v) is 15.3. The molecule has 2 aromatic rings. The van der Waals surface area contributed by atoms with Crippen molar-refractivity contribution in [1.29, 1.82) is 0 Å². The molecule has 0 spiro atoms. The van der Waals surface area contributed by atoms with Crippen molar-refractivity contribution in [2.24, 2.45) is 5.92 Å². The minimum absolute atomic E-state index is 0.258. The summed E-state index contributed by atoms with van der Waals surface area (Å²) in [4.78, 5) is 12.5. The first-order valence-corrected chi connectivity index (χ1v) is 9.55. The molecule has 2 heterocycles. The van der Waals surface area contributed by atoms with Crippen LogP contribution >= 0.6 is 0 Å². The Morgan fingerprint density at radius 2 is 2.11 bits per heavy atom. The molecule has 1 saturated heterocycles. The van der Waals surface area contributed by atoms with E-state index < -0.39 is 0 Å². The van der Waals surface area contributed by atoms with Gasteiger partial charge in [-0.05, 0) is 49.3 Å². The van der Waals surface area contributed by atoms with Crippen LogP contribution in [0.3, 0.4) is 0 Å². The summed E-state index contributed by atoms with van der Waals surface area (Å²) < 4.78 is 21.1. The fourth-order valence-corrected chi connectivity index (χ4v) is 3.69. The first-order valence-electron chi connectivity index (χ1n) is 9.55. The van der Waals surface area contributed by atoms with Gasteiger partial charge < -0.3 is 10.1 Å². The third kappa shape index (κ3) is 4.30. The molecule has 144 valence electrons. The number of rotatable bonds is 6. The van der Waals surface area contributed by atoms with Gasteiger partial charge in [0.2, 0.25) is 0 Å². The third-order valence-corrected chi connectivity index (χ3v) is 5.56. The molecule has 0 bridgehead atoms. The summed E-state index contributed by atoms with van der Waals surface area (Å²) in [5, 5.41) is 10.2. The van der Waals surface area contributed by atoms with Crippen molar-refractivity contribution in [2.45, 2.75) is 37.6 Å². The maximum absolute atomic E-state index is 13.8. The zero-order valence-electron chi connectivity index (χ0n) is 15.3. The van der Waals surface area contributed by atoms with Gasteiger partial charge in [-0.15, -0.1) is 0 Å². The molecule has 2 aliphatic rings. The number of urea groups is 1. The van der Waals surface area contributed by atoms with Gasteiger partial charge in [0.15, 0.2) is 0 Å². The fourth-order valence-electron chi connectivity index (χ4n) is 3.69. The predicted octanol–water partition coefficient (Wildman–Crippen LogP) is 3.30. The van der Waals surface area contributed by atoms with E-state index in [1.165, 1.54) is 18.9 Å². The molecule has 1 aliphatic carbocycles. The van der Waals surface area contributed by atoms with Crippen molar-refractivity contribution in [3.63, 3.8) is 0 Å². The summed E-state index contributed by atoms with van der Waals surface area (Å²) in [7, 11) is 0. The van der Waals surface area contributed by atoms with Crippen molar-refractivity contribution in [3.05, 3.63) is 47.9 Å². The second-order valence-electron chi connectivity index (χ2n) is 7.55. The average Bonchev–Trinajstić information content (AvgIpc) is 3.40. The molecule has 6 nitrogen and oxygen atoms in total. The summed E-state index contributed by atoms with van der Waals surface area (Å²) in [5.41, 5.74) is 0.594. The van der Waals surface area contributed by atoms with Crippen molar-refractivity contribution in [3.8, 4) is 0 Å². The molecular formula is C20H25FN4O2. The SMILES string of the molecule is O=C(NCC1(c2cccc(F)c2)CCOCC1)Nc1ccnn1CC1CC1. The summed E-state index contributed by atoms with van der Waals surface area (Å²) in [6.07, 6.45) is 5.64. The van der Waals surface area contributed by atoms with Gasteiger partial charge in [-0.1, -0.05) is 12.1 Å². The van der Waals surface area contributed by atoms with Gasteiger partial charge >= 0.3 is 6.03 Å². The first-order chi connectivity index (χ1) is 13.1. The topological polar surface area (TPSA) is 68.2 Å². The number of halogens is 1. The Labute approximate surface area is 158 Å². The van der Waals surface area contributed by atoms with E-state index in [1.54, 1.807) is 24.4 Å². The molecule has 4 rings (SSSR count). The Morgan fingerprint density at radius 1 is 1.30 bits per heavy atom. The highest BCUT2D eigenvalue weighted by atomic mass is 19.1. The Kier molecular flexibility index (Phi) is 5.11. The van der Waals surface area contributed by atoms with Crippen LogP contribution in [0.25, 0.3) is 0 Å². The molecule has 27 heavy (non-hydrogen) atoms. The lowest BCUT2D eigenvalue weighted by Crippen LogP contribution is -2.45. The van der Waals surface area contributed by atoms with Crippen molar-refractivity contribution >= 4 is 11.8 Å². The first kappa shape index (κ1) is 18.0. The molecule has 2 fully saturated rings. The van der Waals surface area contributed by atoms with Crippen LogP contribution in [0.15, 0.2) is 36.5 Å². The average molecular weight is 372 g/mol. The molecule has 2 N–H and O–H groups in total. The van der Waals surface area contributed by atoms with Gasteiger partial charge in [-0.3, -0.25) is 5.32 Å². The van der Waals surface area contributed by atoms with E-state index in [4.69, 9.17) is 4.74 Å². The smallest absolute Gasteiger partial charge is 0.320 e. The van der Waals surface area contributed by atoms with Gasteiger partial charge in [-0.2, -0.15) is 5.10 Å². The number of amides is 2. The lowest BCUT2D eigenvalue weighted by Gasteiger charge is -2.38. The molecule has 1 aliphatic heterocycles. The summed E-state index contributed by atoms with van der Waals surface area (Å²) in [5.74, 6) is 1.12. The van der Waals surface area contributed by atoms with Gasteiger partial charge in [0.1, 0.15) is 11.6 Å². The number of benzene rings is 1. The Hall–Kier alpha value is -2.41. The molecule has 1 saturated carbocycles. The van der Waals surface area contributed by atoms with Gasteiger partial charge in [0, 0.05) is 37.8 Å². The number of ether oxygens (including phenoxy) is 1. The maximum atomic E-state index is 13.8. The van der Waals surface area contributed by atoms with Gasteiger partial charge in [0.25, 0.3) is 0 Å². The van der Waals surface area contributed by atoms with Crippen molar-refractivity contribution < 1.29 is 13.9 Å². The van der Waals surface area contributed by atoms with Crippen LogP contribution in [0, 0.1) is 11.7 Å². The van der Waals surface area contributed by atoms with E-state index >= 15 is 0 Å².